The number of rotatable bonds is 3. The molecule has 21 heavy (non-hydrogen) atoms. The van der Waals surface area contributed by atoms with Crippen molar-refractivity contribution >= 4 is 45.8 Å². The molecular weight excluding hydrogens is 327 g/mol. The first kappa shape index (κ1) is 15.5. The van der Waals surface area contributed by atoms with E-state index in [0.717, 1.165) is 23.3 Å². The summed E-state index contributed by atoms with van der Waals surface area (Å²) in [5.41, 5.74) is 2.01. The topological polar surface area (TPSA) is 17.8 Å². The van der Waals surface area contributed by atoms with Gasteiger partial charge in [-0.1, -0.05) is 43.0 Å². The van der Waals surface area contributed by atoms with Gasteiger partial charge in [-0.15, -0.1) is 11.6 Å². The van der Waals surface area contributed by atoms with E-state index in [4.69, 9.17) is 39.8 Å². The Labute approximate surface area is 140 Å². The van der Waals surface area contributed by atoms with Gasteiger partial charge in [0.25, 0.3) is 0 Å². The van der Waals surface area contributed by atoms with Crippen molar-refractivity contribution in [3.05, 3.63) is 28.0 Å². The maximum Gasteiger partial charge on any atom is 0.111 e. The van der Waals surface area contributed by atoms with Crippen LogP contribution in [0.3, 0.4) is 0 Å². The Balaban J connectivity index is 2.17. The van der Waals surface area contributed by atoms with Gasteiger partial charge in [0.05, 0.1) is 21.1 Å². The number of hydrogen-bond acceptors (Lipinski definition) is 1. The SMILES string of the molecule is CC1CCCCC1n1c(CCCl)nc2cc(Cl)c(Cl)cc21. The maximum absolute atomic E-state index is 6.22. The summed E-state index contributed by atoms with van der Waals surface area (Å²) >= 11 is 18.3. The van der Waals surface area contributed by atoms with Crippen LogP contribution >= 0.6 is 34.8 Å². The second-order valence-electron chi connectivity index (χ2n) is 5.92. The molecule has 1 aliphatic carbocycles. The highest BCUT2D eigenvalue weighted by atomic mass is 35.5. The number of benzene rings is 1. The van der Waals surface area contributed by atoms with Gasteiger partial charge in [0.2, 0.25) is 0 Å². The molecule has 1 fully saturated rings. The van der Waals surface area contributed by atoms with E-state index in [9.17, 15) is 0 Å². The van der Waals surface area contributed by atoms with E-state index >= 15 is 0 Å². The lowest BCUT2D eigenvalue weighted by molar-refractivity contribution is 0.258. The average Bonchev–Trinajstić information content (AvgIpc) is 2.78. The summed E-state index contributed by atoms with van der Waals surface area (Å²) in [6, 6.07) is 4.30. The number of aromatic nitrogens is 2. The van der Waals surface area contributed by atoms with Gasteiger partial charge in [-0.05, 0) is 30.9 Å². The van der Waals surface area contributed by atoms with Gasteiger partial charge >= 0.3 is 0 Å². The van der Waals surface area contributed by atoms with Crippen LogP contribution in [0.1, 0.15) is 44.5 Å². The fourth-order valence-corrected chi connectivity index (χ4v) is 3.94. The second kappa shape index (κ2) is 6.36. The molecule has 3 rings (SSSR count). The third-order valence-corrected chi connectivity index (χ3v) is 5.43. The third kappa shape index (κ3) is 2.91. The van der Waals surface area contributed by atoms with Gasteiger partial charge in [0.1, 0.15) is 5.82 Å². The Morgan fingerprint density at radius 2 is 1.90 bits per heavy atom. The van der Waals surface area contributed by atoms with Crippen molar-refractivity contribution in [3.8, 4) is 0 Å². The van der Waals surface area contributed by atoms with Crippen molar-refractivity contribution in [3.63, 3.8) is 0 Å². The molecule has 2 atom stereocenters. The molecule has 2 aromatic rings. The lowest BCUT2D eigenvalue weighted by Crippen LogP contribution is -2.23. The highest BCUT2D eigenvalue weighted by Crippen LogP contribution is 2.38. The van der Waals surface area contributed by atoms with Crippen molar-refractivity contribution in [2.75, 3.05) is 5.88 Å². The highest BCUT2D eigenvalue weighted by molar-refractivity contribution is 6.42. The quantitative estimate of drug-likeness (QED) is 0.635. The monoisotopic (exact) mass is 344 g/mol. The van der Waals surface area contributed by atoms with Crippen molar-refractivity contribution in [2.24, 2.45) is 5.92 Å². The molecule has 1 aliphatic rings. The fraction of sp³-hybridized carbons (Fsp3) is 0.562. The molecule has 2 unspecified atom stereocenters. The van der Waals surface area contributed by atoms with Gasteiger partial charge in [0.15, 0.2) is 0 Å². The molecule has 114 valence electrons. The molecule has 0 bridgehead atoms. The van der Waals surface area contributed by atoms with Crippen LogP contribution in [0, 0.1) is 5.92 Å². The summed E-state index contributed by atoms with van der Waals surface area (Å²) in [6.07, 6.45) is 5.83. The Morgan fingerprint density at radius 1 is 1.19 bits per heavy atom. The van der Waals surface area contributed by atoms with E-state index in [1.54, 1.807) is 0 Å². The van der Waals surface area contributed by atoms with E-state index in [1.807, 2.05) is 12.1 Å². The summed E-state index contributed by atoms with van der Waals surface area (Å²) in [5.74, 6) is 2.28. The number of fused-ring (bicyclic) bond motifs is 1. The fourth-order valence-electron chi connectivity index (χ4n) is 3.45. The molecule has 0 spiro atoms. The number of aryl methyl sites for hydroxylation is 1. The van der Waals surface area contributed by atoms with Crippen LogP contribution < -0.4 is 0 Å². The predicted octanol–water partition coefficient (Wildman–Crippen LogP) is 5.88. The van der Waals surface area contributed by atoms with Crippen LogP contribution in [0.25, 0.3) is 11.0 Å². The Morgan fingerprint density at radius 3 is 2.62 bits per heavy atom. The Bertz CT molecular complexity index is 650. The van der Waals surface area contributed by atoms with Crippen LogP contribution in [0.15, 0.2) is 12.1 Å². The summed E-state index contributed by atoms with van der Waals surface area (Å²) < 4.78 is 2.36. The molecule has 0 radical (unpaired) electrons. The van der Waals surface area contributed by atoms with E-state index in [-0.39, 0.29) is 0 Å². The first-order chi connectivity index (χ1) is 10.1. The highest BCUT2D eigenvalue weighted by Gasteiger charge is 2.27. The lowest BCUT2D eigenvalue weighted by atomic mass is 9.85. The standard InChI is InChI=1S/C16H19Cl3N2/c1-10-4-2-3-5-14(10)21-15-9-12(19)11(18)8-13(15)20-16(21)6-7-17/h8-10,14H,2-7H2,1H3. The molecule has 0 amide bonds. The van der Waals surface area contributed by atoms with Gasteiger partial charge in [-0.25, -0.2) is 4.98 Å². The van der Waals surface area contributed by atoms with Gasteiger partial charge in [-0.3, -0.25) is 0 Å². The maximum atomic E-state index is 6.22. The smallest absolute Gasteiger partial charge is 0.111 e. The minimum atomic E-state index is 0.485. The molecule has 0 aliphatic heterocycles. The summed E-state index contributed by atoms with van der Waals surface area (Å²) in [5, 5.41) is 1.15. The van der Waals surface area contributed by atoms with Crippen molar-refractivity contribution in [1.29, 1.82) is 0 Å². The number of nitrogens with zero attached hydrogens (tertiary/aromatic N) is 2. The van der Waals surface area contributed by atoms with Crippen molar-refractivity contribution < 1.29 is 0 Å². The number of halogens is 3. The van der Waals surface area contributed by atoms with Crippen LogP contribution in [0.2, 0.25) is 10.0 Å². The number of alkyl halides is 1. The first-order valence-electron chi connectivity index (χ1n) is 7.53. The van der Waals surface area contributed by atoms with E-state index in [0.29, 0.717) is 27.9 Å². The zero-order chi connectivity index (χ0) is 15.0. The molecule has 1 aromatic carbocycles. The van der Waals surface area contributed by atoms with Crippen molar-refractivity contribution in [2.45, 2.75) is 45.1 Å². The summed E-state index contributed by atoms with van der Waals surface area (Å²) in [7, 11) is 0. The molecular formula is C16H19Cl3N2. The molecule has 0 N–H and O–H groups in total. The Hall–Kier alpha value is -0.440. The van der Waals surface area contributed by atoms with Crippen LogP contribution in [0.5, 0.6) is 0 Å². The average molecular weight is 346 g/mol. The molecule has 1 saturated carbocycles. The Kier molecular flexibility index (Phi) is 4.68. The van der Waals surface area contributed by atoms with Crippen molar-refractivity contribution in [1.82, 2.24) is 9.55 Å². The third-order valence-electron chi connectivity index (χ3n) is 4.52. The van der Waals surface area contributed by atoms with Gasteiger partial charge in [0, 0.05) is 18.3 Å². The molecule has 1 heterocycles. The minimum absolute atomic E-state index is 0.485. The second-order valence-corrected chi connectivity index (χ2v) is 7.11. The molecule has 2 nitrogen and oxygen atoms in total. The number of imidazole rings is 1. The van der Waals surface area contributed by atoms with E-state index < -0.39 is 0 Å². The molecule has 0 saturated heterocycles. The zero-order valence-electron chi connectivity index (χ0n) is 12.1. The van der Waals surface area contributed by atoms with Crippen LogP contribution in [-0.4, -0.2) is 15.4 Å². The normalized spacial score (nSPS) is 22.9. The number of hydrogen-bond donors (Lipinski definition) is 0. The largest absolute Gasteiger partial charge is 0.325 e. The van der Waals surface area contributed by atoms with Crippen LogP contribution in [-0.2, 0) is 6.42 Å². The van der Waals surface area contributed by atoms with Gasteiger partial charge < -0.3 is 4.57 Å². The predicted molar refractivity (Wildman–Crippen MR) is 90.8 cm³/mol. The molecule has 5 heteroatoms. The zero-order valence-corrected chi connectivity index (χ0v) is 14.3. The van der Waals surface area contributed by atoms with E-state index in [1.165, 1.54) is 25.7 Å². The van der Waals surface area contributed by atoms with E-state index in [2.05, 4.69) is 11.5 Å². The van der Waals surface area contributed by atoms with Crippen LogP contribution in [0.4, 0.5) is 0 Å². The summed E-state index contributed by atoms with van der Waals surface area (Å²) in [6.45, 7) is 2.33. The van der Waals surface area contributed by atoms with Gasteiger partial charge in [-0.2, -0.15) is 0 Å². The minimum Gasteiger partial charge on any atom is -0.325 e. The summed E-state index contributed by atoms with van der Waals surface area (Å²) in [4.78, 5) is 4.75. The first-order valence-corrected chi connectivity index (χ1v) is 8.82. The molecule has 1 aromatic heterocycles. The lowest BCUT2D eigenvalue weighted by Gasteiger charge is -2.31.